The van der Waals surface area contributed by atoms with E-state index in [1.807, 2.05) is 0 Å². The summed E-state index contributed by atoms with van der Waals surface area (Å²) in [5.74, 6) is -1.80. The van der Waals surface area contributed by atoms with E-state index in [1.54, 1.807) is 0 Å². The zero-order valence-corrected chi connectivity index (χ0v) is 10.5. The van der Waals surface area contributed by atoms with Crippen molar-refractivity contribution < 1.29 is 23.2 Å². The average molecular weight is 358 g/mol. The highest BCUT2D eigenvalue weighted by molar-refractivity contribution is 14.1. The van der Waals surface area contributed by atoms with Crippen LogP contribution < -0.4 is 0 Å². The first-order valence-corrected chi connectivity index (χ1v) is 5.17. The summed E-state index contributed by atoms with van der Waals surface area (Å²) in [7, 11) is 1.02. The first-order valence-electron chi connectivity index (χ1n) is 4.09. The van der Waals surface area contributed by atoms with Gasteiger partial charge in [-0.2, -0.15) is 0 Å². The van der Waals surface area contributed by atoms with Crippen LogP contribution in [-0.4, -0.2) is 23.0 Å². The third kappa shape index (κ3) is 2.84. The van der Waals surface area contributed by atoms with Crippen LogP contribution in [-0.2, 0) is 4.74 Å². The fourth-order valence-corrected chi connectivity index (χ4v) is 1.73. The second kappa shape index (κ2) is 5.29. The number of carbonyl (C=O) groups is 1. The predicted octanol–water partition coefficient (Wildman–Crippen LogP) is 2.32. The summed E-state index contributed by atoms with van der Waals surface area (Å²) in [5, 5.41) is 10.6. The number of pyridine rings is 1. The Balaban J connectivity index is 3.47. The molecule has 0 unspecified atom stereocenters. The molecule has 0 radical (unpaired) electrons. The van der Waals surface area contributed by atoms with Crippen LogP contribution in [0.25, 0.3) is 0 Å². The maximum atomic E-state index is 12.6. The third-order valence-electron chi connectivity index (χ3n) is 1.77. The zero-order valence-electron chi connectivity index (χ0n) is 8.32. The number of nitro groups is 1. The molecule has 0 atom stereocenters. The van der Waals surface area contributed by atoms with E-state index in [4.69, 9.17) is 0 Å². The SMILES string of the molecule is COC(=O)c1cc(C(F)F)c(I)c([N+](=O)[O-])n1. The highest BCUT2D eigenvalue weighted by atomic mass is 127. The van der Waals surface area contributed by atoms with Crippen molar-refractivity contribution in [1.29, 1.82) is 0 Å². The van der Waals surface area contributed by atoms with Crippen LogP contribution >= 0.6 is 22.6 Å². The Morgan fingerprint density at radius 3 is 2.65 bits per heavy atom. The van der Waals surface area contributed by atoms with Crippen molar-refractivity contribution in [2.75, 3.05) is 7.11 Å². The van der Waals surface area contributed by atoms with Crippen molar-refractivity contribution in [2.24, 2.45) is 0 Å². The molecule has 0 aromatic carbocycles. The van der Waals surface area contributed by atoms with Crippen molar-refractivity contribution in [2.45, 2.75) is 6.43 Å². The number of hydrogen-bond donors (Lipinski definition) is 0. The minimum absolute atomic E-state index is 0.296. The summed E-state index contributed by atoms with van der Waals surface area (Å²) < 4.78 is 29.2. The number of aromatic nitrogens is 1. The molecule has 6 nitrogen and oxygen atoms in total. The molecule has 0 fully saturated rings. The van der Waals surface area contributed by atoms with Gasteiger partial charge in [0.25, 0.3) is 12.1 Å². The van der Waals surface area contributed by atoms with Gasteiger partial charge < -0.3 is 14.9 Å². The van der Waals surface area contributed by atoms with Crippen LogP contribution in [0.15, 0.2) is 6.07 Å². The van der Waals surface area contributed by atoms with Crippen molar-refractivity contribution in [3.8, 4) is 0 Å². The standard InChI is InChI=1S/C8H5F2IN2O4/c1-17-8(14)4-2-3(6(9)10)5(11)7(12-4)13(15)16/h2,6H,1H3. The molecule has 1 aromatic heterocycles. The highest BCUT2D eigenvalue weighted by Gasteiger charge is 2.28. The summed E-state index contributed by atoms with van der Waals surface area (Å²) in [6, 6.07) is 0.783. The Hall–Kier alpha value is -1.39. The first kappa shape index (κ1) is 13.7. The Kier molecular flexibility index (Phi) is 4.26. The van der Waals surface area contributed by atoms with E-state index in [9.17, 15) is 23.7 Å². The van der Waals surface area contributed by atoms with Crippen LogP contribution in [0, 0.1) is 13.7 Å². The van der Waals surface area contributed by atoms with Gasteiger partial charge in [0, 0.05) is 11.6 Å². The molecule has 0 saturated heterocycles. The van der Waals surface area contributed by atoms with Crippen LogP contribution in [0.1, 0.15) is 22.5 Å². The van der Waals surface area contributed by atoms with Gasteiger partial charge in [0.1, 0.15) is 3.57 Å². The van der Waals surface area contributed by atoms with Gasteiger partial charge >= 0.3 is 11.8 Å². The van der Waals surface area contributed by atoms with Gasteiger partial charge in [-0.1, -0.05) is 0 Å². The van der Waals surface area contributed by atoms with E-state index in [0.29, 0.717) is 0 Å². The van der Waals surface area contributed by atoms with E-state index >= 15 is 0 Å². The fraction of sp³-hybridized carbons (Fsp3) is 0.250. The fourth-order valence-electron chi connectivity index (χ4n) is 1.02. The van der Waals surface area contributed by atoms with Crippen LogP contribution in [0.3, 0.4) is 0 Å². The Morgan fingerprint density at radius 2 is 2.24 bits per heavy atom. The quantitative estimate of drug-likeness (QED) is 0.359. The predicted molar refractivity (Wildman–Crippen MR) is 59.9 cm³/mol. The Labute approximate surface area is 107 Å². The van der Waals surface area contributed by atoms with Crippen molar-refractivity contribution in [1.82, 2.24) is 4.98 Å². The summed E-state index contributed by atoms with van der Waals surface area (Å²) in [6.07, 6.45) is -2.94. The molecular formula is C8H5F2IN2O4. The minimum Gasteiger partial charge on any atom is -0.463 e. The lowest BCUT2D eigenvalue weighted by atomic mass is 10.2. The van der Waals surface area contributed by atoms with Gasteiger partial charge in [0.05, 0.1) is 7.11 Å². The number of carbonyl (C=O) groups excluding carboxylic acids is 1. The minimum atomic E-state index is -2.94. The molecule has 1 heterocycles. The normalized spacial score (nSPS) is 10.4. The Bertz CT molecular complexity index is 481. The number of hydrogen-bond acceptors (Lipinski definition) is 5. The number of ether oxygens (including phenoxy) is 1. The molecule has 0 bridgehead atoms. The number of nitrogens with zero attached hydrogens (tertiary/aromatic N) is 2. The van der Waals surface area contributed by atoms with Crippen molar-refractivity contribution in [3.05, 3.63) is 31.0 Å². The maximum Gasteiger partial charge on any atom is 0.382 e. The lowest BCUT2D eigenvalue weighted by molar-refractivity contribution is -0.390. The molecule has 0 amide bonds. The summed E-state index contributed by atoms with van der Waals surface area (Å²) in [5.41, 5.74) is -1.14. The molecule has 0 aliphatic heterocycles. The van der Waals surface area contributed by atoms with Gasteiger partial charge in [0.15, 0.2) is 0 Å². The number of methoxy groups -OCH3 is 1. The Morgan fingerprint density at radius 1 is 1.65 bits per heavy atom. The molecule has 1 aromatic rings. The molecule has 17 heavy (non-hydrogen) atoms. The molecule has 0 N–H and O–H groups in total. The highest BCUT2D eigenvalue weighted by Crippen LogP contribution is 2.30. The largest absolute Gasteiger partial charge is 0.463 e. The van der Waals surface area contributed by atoms with Crippen molar-refractivity contribution in [3.63, 3.8) is 0 Å². The topological polar surface area (TPSA) is 82.3 Å². The molecular weight excluding hydrogens is 353 g/mol. The molecule has 92 valence electrons. The van der Waals surface area contributed by atoms with E-state index < -0.39 is 34.4 Å². The zero-order chi connectivity index (χ0) is 13.2. The lowest BCUT2D eigenvalue weighted by Gasteiger charge is -2.04. The molecule has 1 rings (SSSR count). The second-order valence-corrected chi connectivity index (χ2v) is 3.86. The molecule has 0 spiro atoms. The van der Waals surface area contributed by atoms with Gasteiger partial charge in [0.2, 0.25) is 0 Å². The van der Waals surface area contributed by atoms with Gasteiger partial charge in [-0.05, 0) is 32.5 Å². The molecule has 0 aliphatic carbocycles. The molecule has 0 saturated carbocycles. The van der Waals surface area contributed by atoms with Crippen LogP contribution in [0.4, 0.5) is 14.6 Å². The van der Waals surface area contributed by atoms with Gasteiger partial charge in [-0.3, -0.25) is 0 Å². The number of esters is 1. The van der Waals surface area contributed by atoms with Crippen molar-refractivity contribution >= 4 is 34.4 Å². The third-order valence-corrected chi connectivity index (χ3v) is 2.88. The summed E-state index contributed by atoms with van der Waals surface area (Å²) >= 11 is 1.39. The monoisotopic (exact) mass is 358 g/mol. The van der Waals surface area contributed by atoms with Crippen LogP contribution in [0.5, 0.6) is 0 Å². The molecule has 9 heteroatoms. The number of alkyl halides is 2. The summed E-state index contributed by atoms with van der Waals surface area (Å²) in [4.78, 5) is 24.2. The maximum absolute atomic E-state index is 12.6. The average Bonchev–Trinajstić information content (AvgIpc) is 2.27. The lowest BCUT2D eigenvalue weighted by Crippen LogP contribution is -2.09. The smallest absolute Gasteiger partial charge is 0.382 e. The van der Waals surface area contributed by atoms with E-state index in [1.165, 1.54) is 22.6 Å². The number of halogens is 3. The first-order chi connectivity index (χ1) is 7.88. The molecule has 0 aliphatic rings. The summed E-state index contributed by atoms with van der Waals surface area (Å²) in [6.45, 7) is 0. The van der Waals surface area contributed by atoms with Gasteiger partial charge in [-0.15, -0.1) is 0 Å². The van der Waals surface area contributed by atoms with E-state index in [2.05, 4.69) is 9.72 Å². The second-order valence-electron chi connectivity index (χ2n) is 2.78. The number of rotatable bonds is 3. The van der Waals surface area contributed by atoms with E-state index in [-0.39, 0.29) is 3.57 Å². The van der Waals surface area contributed by atoms with Gasteiger partial charge in [-0.25, -0.2) is 13.6 Å². The van der Waals surface area contributed by atoms with E-state index in [0.717, 1.165) is 13.2 Å². The van der Waals surface area contributed by atoms with Crippen LogP contribution in [0.2, 0.25) is 0 Å².